The minimum absolute atomic E-state index is 0. The summed E-state index contributed by atoms with van der Waals surface area (Å²) in [6.07, 6.45) is 0. The van der Waals surface area contributed by atoms with Crippen LogP contribution in [0.5, 0.6) is 0 Å². The lowest BCUT2D eigenvalue weighted by atomic mass is 10.1. The van der Waals surface area contributed by atoms with Gasteiger partial charge in [-0.1, -0.05) is 12.1 Å². The monoisotopic (exact) mass is 463 g/mol. The van der Waals surface area contributed by atoms with Crippen molar-refractivity contribution in [1.29, 1.82) is 0 Å². The van der Waals surface area contributed by atoms with E-state index in [0.29, 0.717) is 18.1 Å². The van der Waals surface area contributed by atoms with Gasteiger partial charge in [-0.2, -0.15) is 0 Å². The molecular weight excluding hydrogens is 440 g/mol. The molecule has 3 amide bonds. The van der Waals surface area contributed by atoms with Gasteiger partial charge in [-0.3, -0.25) is 14.7 Å². The molecular formula is C16H23FIN5O2. The molecule has 138 valence electrons. The zero-order chi connectivity index (χ0) is 17.7. The van der Waals surface area contributed by atoms with E-state index in [4.69, 9.17) is 0 Å². The van der Waals surface area contributed by atoms with Gasteiger partial charge in [0.05, 0.1) is 12.6 Å². The Bertz CT molecular complexity index is 652. The van der Waals surface area contributed by atoms with Gasteiger partial charge < -0.3 is 16.0 Å². The first-order valence-electron chi connectivity index (χ1n) is 7.73. The fraction of sp³-hybridized carbons (Fsp3) is 0.438. The fourth-order valence-corrected chi connectivity index (χ4v) is 2.33. The van der Waals surface area contributed by atoms with Crippen LogP contribution in [0.25, 0.3) is 0 Å². The number of aryl methyl sites for hydroxylation is 1. The average molecular weight is 463 g/mol. The third-order valence-corrected chi connectivity index (χ3v) is 3.84. The first-order chi connectivity index (χ1) is 11.4. The molecule has 1 aliphatic heterocycles. The van der Waals surface area contributed by atoms with Crippen LogP contribution in [0, 0.1) is 12.7 Å². The Morgan fingerprint density at radius 2 is 2.16 bits per heavy atom. The predicted molar refractivity (Wildman–Crippen MR) is 105 cm³/mol. The van der Waals surface area contributed by atoms with E-state index in [-0.39, 0.29) is 60.9 Å². The number of guanidine groups is 1. The highest BCUT2D eigenvalue weighted by Crippen LogP contribution is 2.16. The van der Waals surface area contributed by atoms with Gasteiger partial charge in [0.2, 0.25) is 5.91 Å². The molecule has 1 heterocycles. The van der Waals surface area contributed by atoms with Crippen LogP contribution in [-0.4, -0.2) is 49.5 Å². The number of amides is 3. The zero-order valence-electron chi connectivity index (χ0n) is 14.4. The number of nitrogens with one attached hydrogen (secondary N) is 3. The van der Waals surface area contributed by atoms with Crippen molar-refractivity contribution in [1.82, 2.24) is 20.9 Å². The zero-order valence-corrected chi connectivity index (χ0v) is 16.8. The Hall–Kier alpha value is -1.91. The molecule has 0 saturated carbocycles. The number of aliphatic imine (C=N–C) groups is 1. The van der Waals surface area contributed by atoms with Crippen molar-refractivity contribution in [2.24, 2.45) is 4.99 Å². The lowest BCUT2D eigenvalue weighted by molar-refractivity contribution is -0.124. The number of rotatable bonds is 5. The summed E-state index contributed by atoms with van der Waals surface area (Å²) in [6, 6.07) is 4.55. The van der Waals surface area contributed by atoms with Crippen LogP contribution >= 0.6 is 24.0 Å². The molecule has 1 aromatic carbocycles. The molecule has 2 rings (SSSR count). The van der Waals surface area contributed by atoms with Crippen molar-refractivity contribution in [3.8, 4) is 0 Å². The number of hydrogen-bond acceptors (Lipinski definition) is 3. The number of nitrogens with zero attached hydrogens (tertiary/aromatic N) is 2. The molecule has 0 bridgehead atoms. The molecule has 0 aliphatic carbocycles. The van der Waals surface area contributed by atoms with E-state index in [2.05, 4.69) is 20.9 Å². The van der Waals surface area contributed by atoms with Crippen molar-refractivity contribution >= 4 is 41.9 Å². The number of carbonyl (C=O) groups excluding carboxylic acids is 2. The van der Waals surface area contributed by atoms with Gasteiger partial charge in [-0.25, -0.2) is 9.18 Å². The number of halogens is 2. The normalized spacial score (nSPS) is 15.5. The Morgan fingerprint density at radius 1 is 1.44 bits per heavy atom. The SMILES string of the molecule is CN=C(NCCN1C(=O)CNC1=O)NC(C)c1ccc(C)c(F)c1.I. The molecule has 0 radical (unpaired) electrons. The highest BCUT2D eigenvalue weighted by Gasteiger charge is 2.27. The van der Waals surface area contributed by atoms with Gasteiger partial charge in [-0.15, -0.1) is 24.0 Å². The van der Waals surface area contributed by atoms with Crippen molar-refractivity contribution in [3.63, 3.8) is 0 Å². The van der Waals surface area contributed by atoms with Gasteiger partial charge >= 0.3 is 6.03 Å². The molecule has 1 aliphatic rings. The standard InChI is InChI=1S/C16H22FN5O2.HI/c1-10-4-5-12(8-13(10)17)11(2)21-15(18-3)19-6-7-22-14(23)9-20-16(22)24;/h4-5,8,11H,6-7,9H2,1-3H3,(H,20,24)(H2,18,19,21);1H. The van der Waals surface area contributed by atoms with Gasteiger partial charge in [0, 0.05) is 20.1 Å². The summed E-state index contributed by atoms with van der Waals surface area (Å²) in [6.45, 7) is 4.27. The van der Waals surface area contributed by atoms with Gasteiger partial charge in [0.15, 0.2) is 5.96 Å². The van der Waals surface area contributed by atoms with Crippen LogP contribution in [-0.2, 0) is 4.79 Å². The summed E-state index contributed by atoms with van der Waals surface area (Å²) in [5, 5.41) is 8.64. The molecule has 7 nitrogen and oxygen atoms in total. The summed E-state index contributed by atoms with van der Waals surface area (Å²) >= 11 is 0. The highest BCUT2D eigenvalue weighted by molar-refractivity contribution is 14.0. The van der Waals surface area contributed by atoms with Crippen molar-refractivity contribution in [2.75, 3.05) is 26.7 Å². The van der Waals surface area contributed by atoms with Crippen LogP contribution in [0.1, 0.15) is 24.1 Å². The molecule has 9 heteroatoms. The Kier molecular flexibility index (Phi) is 8.07. The first-order valence-corrected chi connectivity index (χ1v) is 7.73. The van der Waals surface area contributed by atoms with Crippen molar-refractivity contribution in [3.05, 3.63) is 35.1 Å². The summed E-state index contributed by atoms with van der Waals surface area (Å²) in [5.74, 6) is 0.0198. The fourth-order valence-electron chi connectivity index (χ4n) is 2.33. The Balaban J connectivity index is 0.00000312. The minimum Gasteiger partial charge on any atom is -0.355 e. The van der Waals surface area contributed by atoms with E-state index in [1.54, 1.807) is 20.0 Å². The van der Waals surface area contributed by atoms with Crippen molar-refractivity contribution in [2.45, 2.75) is 19.9 Å². The number of urea groups is 1. The highest BCUT2D eigenvalue weighted by atomic mass is 127. The number of carbonyl (C=O) groups is 2. The molecule has 0 aromatic heterocycles. The van der Waals surface area contributed by atoms with Crippen LogP contribution < -0.4 is 16.0 Å². The van der Waals surface area contributed by atoms with Crippen molar-refractivity contribution < 1.29 is 14.0 Å². The molecule has 1 aromatic rings. The van der Waals surface area contributed by atoms with Gasteiger partial charge in [-0.05, 0) is 31.0 Å². The van der Waals surface area contributed by atoms with Crippen LogP contribution in [0.4, 0.5) is 9.18 Å². The van der Waals surface area contributed by atoms with Crippen LogP contribution in [0.15, 0.2) is 23.2 Å². The van der Waals surface area contributed by atoms with E-state index in [9.17, 15) is 14.0 Å². The van der Waals surface area contributed by atoms with E-state index >= 15 is 0 Å². The van der Waals surface area contributed by atoms with Crippen LogP contribution in [0.3, 0.4) is 0 Å². The minimum atomic E-state index is -0.381. The molecule has 1 fully saturated rings. The molecule has 3 N–H and O–H groups in total. The van der Waals surface area contributed by atoms with Crippen LogP contribution in [0.2, 0.25) is 0 Å². The quantitative estimate of drug-likeness (QED) is 0.268. The third kappa shape index (κ3) is 5.55. The summed E-state index contributed by atoms with van der Waals surface area (Å²) in [4.78, 5) is 28.2. The van der Waals surface area contributed by atoms with E-state index < -0.39 is 0 Å². The smallest absolute Gasteiger partial charge is 0.324 e. The van der Waals surface area contributed by atoms with E-state index in [1.165, 1.54) is 6.07 Å². The Labute approximate surface area is 163 Å². The topological polar surface area (TPSA) is 85.8 Å². The second-order valence-corrected chi connectivity index (χ2v) is 5.58. The first kappa shape index (κ1) is 21.1. The summed E-state index contributed by atoms with van der Waals surface area (Å²) < 4.78 is 13.7. The number of benzene rings is 1. The van der Waals surface area contributed by atoms with Gasteiger partial charge in [0.1, 0.15) is 5.82 Å². The second kappa shape index (κ2) is 9.54. The van der Waals surface area contributed by atoms with Gasteiger partial charge in [0.25, 0.3) is 0 Å². The lowest BCUT2D eigenvalue weighted by Gasteiger charge is -2.20. The maximum absolute atomic E-state index is 13.7. The summed E-state index contributed by atoms with van der Waals surface area (Å²) in [7, 11) is 1.62. The maximum Gasteiger partial charge on any atom is 0.324 e. The number of hydrogen-bond donors (Lipinski definition) is 3. The maximum atomic E-state index is 13.7. The molecule has 1 saturated heterocycles. The number of imide groups is 1. The predicted octanol–water partition coefficient (Wildman–Crippen LogP) is 1.53. The lowest BCUT2D eigenvalue weighted by Crippen LogP contribution is -2.43. The molecule has 1 unspecified atom stereocenters. The van der Waals surface area contributed by atoms with E-state index in [1.807, 2.05) is 13.0 Å². The third-order valence-electron chi connectivity index (χ3n) is 3.84. The largest absolute Gasteiger partial charge is 0.355 e. The molecule has 0 spiro atoms. The average Bonchev–Trinajstić information content (AvgIpc) is 2.88. The molecule has 1 atom stereocenters. The second-order valence-electron chi connectivity index (χ2n) is 5.58. The Morgan fingerprint density at radius 3 is 2.72 bits per heavy atom. The van der Waals surface area contributed by atoms with E-state index in [0.717, 1.165) is 10.5 Å². The molecule has 25 heavy (non-hydrogen) atoms. The summed E-state index contributed by atoms with van der Waals surface area (Å²) in [5.41, 5.74) is 1.40.